The fraction of sp³-hybridized carbons (Fsp3) is 0.111. The molecular weight excluding hydrogens is 342 g/mol. The van der Waals surface area contributed by atoms with Gasteiger partial charge in [0.15, 0.2) is 0 Å². The summed E-state index contributed by atoms with van der Waals surface area (Å²) >= 11 is 8.44. The predicted octanol–water partition coefficient (Wildman–Crippen LogP) is 4.81. The van der Waals surface area contributed by atoms with E-state index in [9.17, 15) is 4.79 Å². The number of thioether (sulfide) groups is 2. The van der Waals surface area contributed by atoms with Crippen LogP contribution in [0.15, 0.2) is 64.4 Å². The molecule has 0 unspecified atom stereocenters. The second-order valence-corrected chi connectivity index (χ2v) is 7.58. The number of nitrogens with zero attached hydrogens (tertiary/aromatic N) is 1. The number of hydrogen-bond donors (Lipinski definition) is 0. The molecule has 0 atom stereocenters. The van der Waals surface area contributed by atoms with Crippen LogP contribution in [0.2, 0.25) is 0 Å². The first kappa shape index (κ1) is 16.3. The van der Waals surface area contributed by atoms with Gasteiger partial charge in [0, 0.05) is 4.90 Å². The molecule has 0 aliphatic carbocycles. The molecule has 0 N–H and O–H groups in total. The Morgan fingerprint density at radius 3 is 2.48 bits per heavy atom. The molecule has 5 heteroatoms. The summed E-state index contributed by atoms with van der Waals surface area (Å²) in [7, 11) is 0. The van der Waals surface area contributed by atoms with Crippen molar-refractivity contribution >= 4 is 52.0 Å². The minimum atomic E-state index is -0.0159. The van der Waals surface area contributed by atoms with E-state index in [1.807, 2.05) is 54.8 Å². The third kappa shape index (κ3) is 3.86. The molecule has 0 saturated carbocycles. The van der Waals surface area contributed by atoms with Crippen molar-refractivity contribution in [3.05, 3.63) is 70.6 Å². The van der Waals surface area contributed by atoms with Crippen molar-refractivity contribution < 1.29 is 4.79 Å². The van der Waals surface area contributed by atoms with Crippen molar-refractivity contribution in [3.63, 3.8) is 0 Å². The van der Waals surface area contributed by atoms with E-state index >= 15 is 0 Å². The van der Waals surface area contributed by atoms with Crippen molar-refractivity contribution in [3.8, 4) is 0 Å². The maximum Gasteiger partial charge on any atom is 0.266 e. The number of rotatable bonds is 4. The van der Waals surface area contributed by atoms with E-state index in [1.54, 1.807) is 16.7 Å². The van der Waals surface area contributed by atoms with E-state index < -0.39 is 0 Å². The predicted molar refractivity (Wildman–Crippen MR) is 103 cm³/mol. The van der Waals surface area contributed by atoms with E-state index in [0.29, 0.717) is 15.8 Å². The fourth-order valence-corrected chi connectivity index (χ4v) is 3.92. The van der Waals surface area contributed by atoms with Crippen LogP contribution in [0.1, 0.15) is 11.1 Å². The van der Waals surface area contributed by atoms with Gasteiger partial charge in [0.1, 0.15) is 4.32 Å². The highest BCUT2D eigenvalue weighted by atomic mass is 32.2. The zero-order valence-corrected chi connectivity index (χ0v) is 15.0. The van der Waals surface area contributed by atoms with Crippen molar-refractivity contribution in [2.75, 3.05) is 6.26 Å². The monoisotopic (exact) mass is 357 g/mol. The first-order valence-corrected chi connectivity index (χ1v) is 9.55. The smallest absolute Gasteiger partial charge is 0.266 e. The highest BCUT2D eigenvalue weighted by molar-refractivity contribution is 8.26. The molecule has 116 valence electrons. The fourth-order valence-electron chi connectivity index (χ4n) is 2.25. The Labute approximate surface area is 150 Å². The lowest BCUT2D eigenvalue weighted by Gasteiger charge is -2.14. The van der Waals surface area contributed by atoms with Gasteiger partial charge in [0.2, 0.25) is 0 Å². The summed E-state index contributed by atoms with van der Waals surface area (Å²) in [5, 5.41) is 0. The number of hydrogen-bond acceptors (Lipinski definition) is 4. The summed E-state index contributed by atoms with van der Waals surface area (Å²) < 4.78 is 0.617. The molecule has 1 saturated heterocycles. The van der Waals surface area contributed by atoms with Gasteiger partial charge in [-0.2, -0.15) is 0 Å². The van der Waals surface area contributed by atoms with Crippen LogP contribution < -0.4 is 0 Å². The highest BCUT2D eigenvalue weighted by Crippen LogP contribution is 2.33. The molecule has 1 fully saturated rings. The van der Waals surface area contributed by atoms with Crippen LogP contribution in [0.25, 0.3) is 6.08 Å². The van der Waals surface area contributed by atoms with Crippen molar-refractivity contribution in [1.29, 1.82) is 0 Å². The van der Waals surface area contributed by atoms with Crippen LogP contribution in [0.4, 0.5) is 0 Å². The van der Waals surface area contributed by atoms with Crippen molar-refractivity contribution in [2.45, 2.75) is 11.4 Å². The van der Waals surface area contributed by atoms with Crippen LogP contribution in [-0.4, -0.2) is 21.4 Å². The van der Waals surface area contributed by atoms with E-state index in [-0.39, 0.29) is 5.91 Å². The van der Waals surface area contributed by atoms with Gasteiger partial charge in [-0.1, -0.05) is 66.4 Å². The zero-order valence-electron chi connectivity index (χ0n) is 12.6. The van der Waals surface area contributed by atoms with Crippen LogP contribution in [-0.2, 0) is 11.3 Å². The molecule has 0 radical (unpaired) electrons. The molecule has 1 amide bonds. The molecular formula is C18H15NOS3. The molecule has 2 aromatic carbocycles. The van der Waals surface area contributed by atoms with Crippen molar-refractivity contribution in [1.82, 2.24) is 4.90 Å². The van der Waals surface area contributed by atoms with E-state index in [2.05, 4.69) is 12.1 Å². The minimum Gasteiger partial charge on any atom is -0.288 e. The first-order chi connectivity index (χ1) is 11.2. The Balaban J connectivity index is 1.78. The highest BCUT2D eigenvalue weighted by Gasteiger charge is 2.31. The Hall–Kier alpha value is -1.56. The lowest BCUT2D eigenvalue weighted by molar-refractivity contribution is -0.122. The number of thiocarbonyl (C=S) groups is 1. The summed E-state index contributed by atoms with van der Waals surface area (Å²) in [5.41, 5.74) is 2.09. The molecule has 0 spiro atoms. The Kier molecular flexibility index (Phi) is 5.20. The molecule has 3 rings (SSSR count). The van der Waals surface area contributed by atoms with Gasteiger partial charge in [-0.15, -0.1) is 11.8 Å². The Morgan fingerprint density at radius 1 is 1.13 bits per heavy atom. The minimum absolute atomic E-state index is 0.0159. The van der Waals surface area contributed by atoms with Crippen LogP contribution >= 0.6 is 35.7 Å². The number of benzene rings is 2. The second kappa shape index (κ2) is 7.34. The molecule has 1 aliphatic rings. The molecule has 1 heterocycles. The van der Waals surface area contributed by atoms with Gasteiger partial charge in [-0.05, 0) is 35.6 Å². The van der Waals surface area contributed by atoms with Gasteiger partial charge < -0.3 is 0 Å². The maximum atomic E-state index is 12.6. The summed E-state index contributed by atoms with van der Waals surface area (Å²) in [6, 6.07) is 18.1. The van der Waals surface area contributed by atoms with Gasteiger partial charge in [0.25, 0.3) is 5.91 Å². The lowest BCUT2D eigenvalue weighted by atomic mass is 10.2. The average Bonchev–Trinajstić information content (AvgIpc) is 2.84. The number of carbonyl (C=O) groups is 1. The average molecular weight is 358 g/mol. The summed E-state index contributed by atoms with van der Waals surface area (Å²) in [5.74, 6) is -0.0159. The topological polar surface area (TPSA) is 20.3 Å². The molecule has 0 aromatic heterocycles. The lowest BCUT2D eigenvalue weighted by Crippen LogP contribution is -2.27. The van der Waals surface area contributed by atoms with E-state index in [4.69, 9.17) is 12.2 Å². The summed E-state index contributed by atoms with van der Waals surface area (Å²) in [4.78, 5) is 16.1. The van der Waals surface area contributed by atoms with Gasteiger partial charge in [-0.3, -0.25) is 9.69 Å². The van der Waals surface area contributed by atoms with Crippen LogP contribution in [0.3, 0.4) is 0 Å². The number of amides is 1. The van der Waals surface area contributed by atoms with Crippen molar-refractivity contribution in [2.24, 2.45) is 0 Å². The zero-order chi connectivity index (χ0) is 16.2. The molecule has 23 heavy (non-hydrogen) atoms. The van der Waals surface area contributed by atoms with Crippen LogP contribution in [0.5, 0.6) is 0 Å². The van der Waals surface area contributed by atoms with E-state index in [0.717, 1.165) is 11.1 Å². The SMILES string of the molecule is CSc1ccc(/C=C2\SC(=S)N(Cc3ccccc3)C2=O)cc1. The molecule has 2 aromatic rings. The quantitative estimate of drug-likeness (QED) is 0.444. The van der Waals surface area contributed by atoms with E-state index in [1.165, 1.54) is 16.7 Å². The normalized spacial score (nSPS) is 16.4. The van der Waals surface area contributed by atoms with Gasteiger partial charge in [-0.25, -0.2) is 0 Å². The third-order valence-corrected chi connectivity index (χ3v) is 5.59. The second-order valence-electron chi connectivity index (χ2n) is 5.03. The summed E-state index contributed by atoms with van der Waals surface area (Å²) in [6.07, 6.45) is 3.96. The maximum absolute atomic E-state index is 12.6. The molecule has 2 nitrogen and oxygen atoms in total. The van der Waals surface area contributed by atoms with Gasteiger partial charge in [0.05, 0.1) is 11.4 Å². The number of carbonyl (C=O) groups excluding carboxylic acids is 1. The van der Waals surface area contributed by atoms with Crippen LogP contribution in [0, 0.1) is 0 Å². The molecule has 1 aliphatic heterocycles. The summed E-state index contributed by atoms with van der Waals surface area (Å²) in [6.45, 7) is 0.522. The molecule has 0 bridgehead atoms. The first-order valence-electron chi connectivity index (χ1n) is 7.11. The Bertz CT molecular complexity index is 754. The standard InChI is InChI=1S/C18H15NOS3/c1-22-15-9-7-13(8-10-15)11-16-17(20)19(18(21)23-16)12-14-5-3-2-4-6-14/h2-11H,12H2,1H3/b16-11-. The Morgan fingerprint density at radius 2 is 1.83 bits per heavy atom. The largest absolute Gasteiger partial charge is 0.288 e. The van der Waals surface area contributed by atoms with Gasteiger partial charge >= 0.3 is 0 Å². The third-order valence-electron chi connectivity index (χ3n) is 3.47.